The van der Waals surface area contributed by atoms with Gasteiger partial charge in [0.15, 0.2) is 5.75 Å². The van der Waals surface area contributed by atoms with Gasteiger partial charge in [-0.25, -0.2) is 18.0 Å². The molecule has 35 heavy (non-hydrogen) atoms. The third-order valence-corrected chi connectivity index (χ3v) is 10.6. The van der Waals surface area contributed by atoms with E-state index >= 15 is 0 Å². The van der Waals surface area contributed by atoms with Crippen molar-refractivity contribution in [2.75, 3.05) is 13.2 Å². The highest BCUT2D eigenvalue weighted by Gasteiger charge is 2.37. The van der Waals surface area contributed by atoms with E-state index in [-0.39, 0.29) is 35.7 Å². The molecule has 0 aliphatic carbocycles. The summed E-state index contributed by atoms with van der Waals surface area (Å²) in [7, 11) is -3.85. The van der Waals surface area contributed by atoms with Crippen LogP contribution in [0.4, 0.5) is 0 Å². The van der Waals surface area contributed by atoms with E-state index in [2.05, 4.69) is 95.6 Å². The van der Waals surface area contributed by atoms with Crippen LogP contribution < -0.4 is 4.89 Å². The Bertz CT molecular complexity index is 1150. The number of esters is 2. The SMILES string of the molecule is O=C(OCCCOC(=O)c1cccc(S(=O)(=O)C(Br)(Br)Br)c1)c1cccc(OOSC(Br)(Br)Br)c1. The van der Waals surface area contributed by atoms with Crippen molar-refractivity contribution in [3.05, 3.63) is 59.7 Å². The molecule has 0 saturated heterocycles. The van der Waals surface area contributed by atoms with Crippen molar-refractivity contribution in [1.29, 1.82) is 0 Å². The Morgan fingerprint density at radius 3 is 1.91 bits per heavy atom. The minimum atomic E-state index is -3.85. The number of carbonyl (C=O) groups excluding carboxylic acids is 2. The van der Waals surface area contributed by atoms with Gasteiger partial charge >= 0.3 is 11.9 Å². The molecule has 0 unspecified atom stereocenters. The van der Waals surface area contributed by atoms with Crippen molar-refractivity contribution in [1.82, 2.24) is 0 Å². The predicted octanol–water partition coefficient (Wildman–Crippen LogP) is 7.41. The smallest absolute Gasteiger partial charge is 0.338 e. The van der Waals surface area contributed by atoms with Crippen LogP contribution in [0.5, 0.6) is 5.75 Å². The van der Waals surface area contributed by atoms with Gasteiger partial charge in [0.1, 0.15) is 0 Å². The van der Waals surface area contributed by atoms with Crippen LogP contribution in [0.3, 0.4) is 0 Å². The molecule has 2 aromatic rings. The van der Waals surface area contributed by atoms with Crippen LogP contribution in [0.1, 0.15) is 27.1 Å². The molecular weight excluding hydrogens is 900 g/mol. The monoisotopic (exact) mass is 908 g/mol. The predicted molar refractivity (Wildman–Crippen MR) is 154 cm³/mol. The molecule has 0 N–H and O–H groups in total. The number of halogens is 6. The molecule has 192 valence electrons. The first-order valence-corrected chi connectivity index (χ1v) is 16.1. The van der Waals surface area contributed by atoms with E-state index in [9.17, 15) is 18.0 Å². The molecule has 0 atom stereocenters. The van der Waals surface area contributed by atoms with E-state index in [0.717, 1.165) is 12.0 Å². The number of hydrogen-bond donors (Lipinski definition) is 0. The second kappa shape index (κ2) is 13.9. The molecule has 0 heterocycles. The van der Waals surface area contributed by atoms with Crippen LogP contribution in [0.15, 0.2) is 53.4 Å². The van der Waals surface area contributed by atoms with Crippen LogP contribution in [0.2, 0.25) is 0 Å². The highest BCUT2D eigenvalue weighted by Crippen LogP contribution is 2.45. The summed E-state index contributed by atoms with van der Waals surface area (Å²) >= 11 is 19.5. The van der Waals surface area contributed by atoms with Crippen molar-refractivity contribution in [3.63, 3.8) is 0 Å². The van der Waals surface area contributed by atoms with Gasteiger partial charge < -0.3 is 14.4 Å². The van der Waals surface area contributed by atoms with E-state index in [1.807, 2.05) is 0 Å². The van der Waals surface area contributed by atoms with E-state index < -0.39 is 24.7 Å². The summed E-state index contributed by atoms with van der Waals surface area (Å²) in [5.41, 5.74) is 0.310. The maximum Gasteiger partial charge on any atom is 0.338 e. The van der Waals surface area contributed by atoms with Crippen LogP contribution in [-0.4, -0.2) is 36.5 Å². The Balaban J connectivity index is 1.81. The van der Waals surface area contributed by atoms with Crippen molar-refractivity contribution >= 4 is 129 Å². The average Bonchev–Trinajstić information content (AvgIpc) is 2.77. The topological polar surface area (TPSA) is 105 Å². The molecule has 0 saturated carbocycles. The molecular formula is C19H14Br6O8S2. The largest absolute Gasteiger partial charge is 0.462 e. The maximum atomic E-state index is 12.5. The number of hydrogen-bond acceptors (Lipinski definition) is 9. The molecule has 0 aromatic heterocycles. The summed E-state index contributed by atoms with van der Waals surface area (Å²) in [4.78, 5) is 29.5. The Kier molecular flexibility index (Phi) is 12.5. The summed E-state index contributed by atoms with van der Waals surface area (Å²) in [6, 6.07) is 11.6. The summed E-state index contributed by atoms with van der Waals surface area (Å²) < 4.78 is 37.9. The molecule has 2 rings (SSSR count). The molecule has 8 nitrogen and oxygen atoms in total. The van der Waals surface area contributed by atoms with Gasteiger partial charge in [-0.3, -0.25) is 0 Å². The summed E-state index contributed by atoms with van der Waals surface area (Å²) in [5, 5.41) is 0. The molecule has 0 radical (unpaired) electrons. The Morgan fingerprint density at radius 2 is 1.37 bits per heavy atom. The van der Waals surface area contributed by atoms with E-state index in [1.54, 1.807) is 18.2 Å². The van der Waals surface area contributed by atoms with Gasteiger partial charge in [-0.2, -0.15) is 0 Å². The highest BCUT2D eigenvalue weighted by atomic mass is 80.0. The molecule has 0 aliphatic heterocycles. The Morgan fingerprint density at radius 1 is 0.829 bits per heavy atom. The highest BCUT2D eigenvalue weighted by molar-refractivity contribution is 9.42. The van der Waals surface area contributed by atoms with Crippen LogP contribution in [0, 0.1) is 0 Å². The van der Waals surface area contributed by atoms with Gasteiger partial charge in [0, 0.05) is 6.42 Å². The quantitative estimate of drug-likeness (QED) is 0.0602. The van der Waals surface area contributed by atoms with Crippen LogP contribution >= 0.6 is 108 Å². The number of benzene rings is 2. The third kappa shape index (κ3) is 10.5. The lowest BCUT2D eigenvalue weighted by molar-refractivity contribution is -0.0775. The van der Waals surface area contributed by atoms with E-state index in [1.165, 1.54) is 30.3 Å². The zero-order chi connectivity index (χ0) is 26.3. The van der Waals surface area contributed by atoms with Gasteiger partial charge in [-0.05, 0) is 132 Å². The number of sulfone groups is 1. The lowest BCUT2D eigenvalue weighted by Gasteiger charge is -2.14. The normalized spacial score (nSPS) is 12.2. The van der Waals surface area contributed by atoms with Gasteiger partial charge in [0.2, 0.25) is 12.8 Å². The van der Waals surface area contributed by atoms with E-state index in [4.69, 9.17) is 18.7 Å². The second-order valence-corrected chi connectivity index (χ2v) is 26.0. The fourth-order valence-corrected chi connectivity index (χ4v) is 5.41. The van der Waals surface area contributed by atoms with Crippen molar-refractivity contribution in [2.24, 2.45) is 0 Å². The molecule has 0 fully saturated rings. The number of alkyl halides is 6. The minimum Gasteiger partial charge on any atom is -0.462 e. The van der Waals surface area contributed by atoms with E-state index in [0.29, 0.717) is 5.75 Å². The van der Waals surface area contributed by atoms with Gasteiger partial charge in [0.05, 0.1) is 41.3 Å². The van der Waals surface area contributed by atoms with Crippen molar-refractivity contribution < 1.29 is 36.7 Å². The summed E-state index contributed by atoms with van der Waals surface area (Å²) in [6.45, 7) is -0.0412. The maximum absolute atomic E-state index is 12.5. The molecule has 16 heteroatoms. The fraction of sp³-hybridized carbons (Fsp3) is 0.263. The standard InChI is InChI=1S/C19H14Br6O8S2/c20-18(21,22)34-33-32-14-6-1-4-12(10-14)16(26)30-8-3-9-31-17(27)13-5-2-7-15(11-13)35(28,29)19(23,24)25/h1-2,4-7,10-11H,3,8-9H2. The van der Waals surface area contributed by atoms with Crippen molar-refractivity contribution in [2.45, 2.75) is 14.3 Å². The molecule has 0 aliphatic rings. The first-order valence-electron chi connectivity index (χ1n) is 9.15. The number of carbonyl (C=O) groups is 2. The summed E-state index contributed by atoms with van der Waals surface area (Å²) in [6.07, 6.45) is 0.239. The molecule has 2 aromatic carbocycles. The first-order chi connectivity index (χ1) is 16.2. The molecule has 0 spiro atoms. The lowest BCUT2D eigenvalue weighted by atomic mass is 10.2. The third-order valence-electron chi connectivity index (χ3n) is 3.77. The van der Waals surface area contributed by atoms with Crippen molar-refractivity contribution in [3.8, 4) is 5.75 Å². The fourth-order valence-electron chi connectivity index (χ4n) is 2.25. The second-order valence-electron chi connectivity index (χ2n) is 6.31. The lowest BCUT2D eigenvalue weighted by Crippen LogP contribution is -2.18. The van der Waals surface area contributed by atoms with Gasteiger partial charge in [0.25, 0.3) is 0 Å². The van der Waals surface area contributed by atoms with Crippen LogP contribution in [0.25, 0.3) is 0 Å². The minimum absolute atomic E-state index is 0.00344. The molecule has 0 amide bonds. The average molecular weight is 914 g/mol. The summed E-state index contributed by atoms with van der Waals surface area (Å²) in [5.74, 6) is -1.01. The zero-order valence-corrected chi connectivity index (χ0v) is 28.2. The zero-order valence-electron chi connectivity index (χ0n) is 17.1. The Labute approximate surface area is 256 Å². The first kappa shape index (κ1) is 31.5. The Hall–Kier alpha value is 0.320. The number of ether oxygens (including phenoxy) is 2. The number of rotatable bonds is 10. The van der Waals surface area contributed by atoms with Gasteiger partial charge in [-0.15, -0.1) is 4.33 Å². The molecule has 0 bridgehead atoms. The van der Waals surface area contributed by atoms with Gasteiger partial charge in [-0.1, -0.05) is 12.1 Å². The van der Waals surface area contributed by atoms with Crippen LogP contribution in [-0.2, 0) is 23.6 Å².